The van der Waals surface area contributed by atoms with Crippen LogP contribution in [0.5, 0.6) is 0 Å². The summed E-state index contributed by atoms with van der Waals surface area (Å²) in [5, 5.41) is 16.9. The lowest BCUT2D eigenvalue weighted by Gasteiger charge is -2.24. The molecule has 1 aromatic carbocycles. The van der Waals surface area contributed by atoms with E-state index in [1.54, 1.807) is 36.4 Å². The van der Waals surface area contributed by atoms with Gasteiger partial charge < -0.3 is 31.2 Å². The molecule has 0 spiro atoms. The fraction of sp³-hybridized carbons (Fsp3) is 0.483. The number of alkyl carbamates (subject to hydrolysis) is 1. The van der Waals surface area contributed by atoms with Crippen LogP contribution in [0.1, 0.15) is 64.2 Å². The van der Waals surface area contributed by atoms with Crippen molar-refractivity contribution in [3.05, 3.63) is 65.6 Å². The Bertz CT molecular complexity index is 1300. The van der Waals surface area contributed by atoms with Gasteiger partial charge in [0.1, 0.15) is 18.7 Å². The Hall–Kier alpha value is -4.03. The van der Waals surface area contributed by atoms with E-state index >= 15 is 0 Å². The molecule has 0 fully saturated rings. The molecular formula is C29H41N7O5. The molecule has 0 unspecified atom stereocenters. The Labute approximate surface area is 240 Å². The van der Waals surface area contributed by atoms with E-state index in [0.29, 0.717) is 36.7 Å². The Morgan fingerprint density at radius 2 is 1.73 bits per heavy atom. The van der Waals surface area contributed by atoms with Crippen molar-refractivity contribution in [2.75, 3.05) is 13.2 Å². The normalized spacial score (nSPS) is 13.0. The molecule has 41 heavy (non-hydrogen) atoms. The smallest absolute Gasteiger partial charge is 0.408 e. The molecule has 0 aliphatic heterocycles. The molecule has 2 atom stereocenters. The van der Waals surface area contributed by atoms with Crippen molar-refractivity contribution in [3.8, 4) is 0 Å². The number of ether oxygens (including phenoxy) is 2. The van der Waals surface area contributed by atoms with Crippen molar-refractivity contribution in [2.45, 2.75) is 71.9 Å². The van der Waals surface area contributed by atoms with Crippen LogP contribution in [-0.2, 0) is 32.3 Å². The molecule has 0 saturated carbocycles. The van der Waals surface area contributed by atoms with Crippen LogP contribution < -0.4 is 21.7 Å². The largest absolute Gasteiger partial charge is 0.443 e. The van der Waals surface area contributed by atoms with Crippen LogP contribution in [0, 0.1) is 5.92 Å². The predicted octanol–water partition coefficient (Wildman–Crippen LogP) is 2.62. The molecule has 5 N–H and O–H groups in total. The predicted molar refractivity (Wildman–Crippen MR) is 153 cm³/mol. The van der Waals surface area contributed by atoms with E-state index in [1.807, 2.05) is 51.1 Å². The summed E-state index contributed by atoms with van der Waals surface area (Å²) in [5.41, 5.74) is 6.94. The Kier molecular flexibility index (Phi) is 11.2. The third kappa shape index (κ3) is 9.25. The summed E-state index contributed by atoms with van der Waals surface area (Å²) >= 11 is 0. The first-order chi connectivity index (χ1) is 19.5. The van der Waals surface area contributed by atoms with Gasteiger partial charge in [-0.1, -0.05) is 50.2 Å². The number of rotatable bonds is 14. The zero-order chi connectivity index (χ0) is 30.0. The third-order valence-corrected chi connectivity index (χ3v) is 6.15. The average Bonchev–Trinajstić information content (AvgIpc) is 3.35. The van der Waals surface area contributed by atoms with Gasteiger partial charge in [0, 0.05) is 6.54 Å². The van der Waals surface area contributed by atoms with Gasteiger partial charge in [-0.25, -0.2) is 4.79 Å². The maximum atomic E-state index is 12.9. The topological polar surface area (TPSA) is 162 Å². The van der Waals surface area contributed by atoms with Crippen LogP contribution in [0.3, 0.4) is 0 Å². The molecule has 12 nitrogen and oxygen atoms in total. The first-order valence-electron chi connectivity index (χ1n) is 13.7. The lowest BCUT2D eigenvalue weighted by molar-refractivity contribution is -0.126. The third-order valence-electron chi connectivity index (χ3n) is 6.15. The molecule has 222 valence electrons. The highest BCUT2D eigenvalue weighted by atomic mass is 16.5. The van der Waals surface area contributed by atoms with Crippen LogP contribution in [0.2, 0.25) is 0 Å². The number of nitrogens with one attached hydrogen (secondary N) is 3. The molecule has 3 aromatic rings. The zero-order valence-corrected chi connectivity index (χ0v) is 24.3. The summed E-state index contributed by atoms with van der Waals surface area (Å²) in [4.78, 5) is 38.0. The Morgan fingerprint density at radius 1 is 1.00 bits per heavy atom. The molecule has 2 heterocycles. The second-order valence-electron chi connectivity index (χ2n) is 10.8. The molecule has 0 bridgehead atoms. The van der Waals surface area contributed by atoms with Crippen molar-refractivity contribution < 1.29 is 23.9 Å². The molecule has 0 saturated heterocycles. The van der Waals surface area contributed by atoms with E-state index in [1.165, 1.54) is 0 Å². The lowest BCUT2D eigenvalue weighted by Crippen LogP contribution is -2.51. The number of carbonyl (C=O) groups excluding carboxylic acids is 3. The van der Waals surface area contributed by atoms with Gasteiger partial charge in [0.05, 0.1) is 24.4 Å². The molecule has 0 radical (unpaired) electrons. The van der Waals surface area contributed by atoms with Crippen molar-refractivity contribution in [1.29, 1.82) is 0 Å². The average molecular weight is 568 g/mol. The number of benzene rings is 1. The summed E-state index contributed by atoms with van der Waals surface area (Å²) < 4.78 is 13.2. The van der Waals surface area contributed by atoms with E-state index in [9.17, 15) is 14.4 Å². The van der Waals surface area contributed by atoms with Crippen LogP contribution >= 0.6 is 0 Å². The quantitative estimate of drug-likeness (QED) is 0.231. The lowest BCUT2D eigenvalue weighted by atomic mass is 10.0. The maximum absolute atomic E-state index is 12.9. The Balaban J connectivity index is 1.81. The summed E-state index contributed by atoms with van der Waals surface area (Å²) in [6.07, 6.45) is -0.261. The fourth-order valence-corrected chi connectivity index (χ4v) is 4.09. The molecule has 12 heteroatoms. The van der Waals surface area contributed by atoms with Gasteiger partial charge in [0.2, 0.25) is 11.8 Å². The maximum Gasteiger partial charge on any atom is 0.408 e. The monoisotopic (exact) mass is 567 g/mol. The number of aromatic nitrogens is 3. The SMILES string of the molecule is CCNC(=O)[C@@H](CC(C)C)NC(=O)OCc1cccc2nnc([C@@H](COCc3ccccc3)NC(=O)C(C)(C)N)n12. The Morgan fingerprint density at radius 3 is 2.39 bits per heavy atom. The van der Waals surface area contributed by atoms with Gasteiger partial charge in [-0.3, -0.25) is 14.0 Å². The minimum absolute atomic E-state index is 0.0939. The molecule has 2 aromatic heterocycles. The van der Waals surface area contributed by atoms with E-state index in [0.717, 1.165) is 5.56 Å². The number of hydrogen-bond acceptors (Lipinski definition) is 8. The second kappa shape index (κ2) is 14.6. The summed E-state index contributed by atoms with van der Waals surface area (Å²) in [6.45, 7) is 9.72. The highest BCUT2D eigenvalue weighted by molar-refractivity contribution is 5.86. The van der Waals surface area contributed by atoms with Crippen molar-refractivity contribution in [3.63, 3.8) is 0 Å². The first-order valence-corrected chi connectivity index (χ1v) is 13.7. The highest BCUT2D eigenvalue weighted by Crippen LogP contribution is 2.19. The van der Waals surface area contributed by atoms with E-state index in [4.69, 9.17) is 15.2 Å². The van der Waals surface area contributed by atoms with Crippen molar-refractivity contribution in [2.24, 2.45) is 11.7 Å². The minimum atomic E-state index is -1.14. The fourth-order valence-electron chi connectivity index (χ4n) is 4.09. The summed E-state index contributed by atoms with van der Waals surface area (Å²) in [6, 6.07) is 13.5. The number of carbonyl (C=O) groups is 3. The number of nitrogens with zero attached hydrogens (tertiary/aromatic N) is 3. The summed E-state index contributed by atoms with van der Waals surface area (Å²) in [7, 11) is 0. The van der Waals surface area contributed by atoms with Crippen LogP contribution in [0.4, 0.5) is 4.79 Å². The molecular weight excluding hydrogens is 526 g/mol. The van der Waals surface area contributed by atoms with Crippen LogP contribution in [0.15, 0.2) is 48.5 Å². The number of pyridine rings is 1. The molecule has 0 aliphatic carbocycles. The van der Waals surface area contributed by atoms with E-state index in [-0.39, 0.29) is 25.0 Å². The van der Waals surface area contributed by atoms with Gasteiger partial charge in [-0.15, -0.1) is 10.2 Å². The zero-order valence-electron chi connectivity index (χ0n) is 24.3. The molecule has 0 aliphatic rings. The van der Waals surface area contributed by atoms with Gasteiger partial charge in [-0.2, -0.15) is 0 Å². The first kappa shape index (κ1) is 31.5. The van der Waals surface area contributed by atoms with Gasteiger partial charge in [-0.05, 0) is 50.8 Å². The van der Waals surface area contributed by atoms with Crippen molar-refractivity contribution >= 4 is 23.6 Å². The van der Waals surface area contributed by atoms with Gasteiger partial charge in [0.25, 0.3) is 0 Å². The van der Waals surface area contributed by atoms with Crippen LogP contribution in [-0.4, -0.2) is 57.2 Å². The van der Waals surface area contributed by atoms with E-state index in [2.05, 4.69) is 26.1 Å². The summed E-state index contributed by atoms with van der Waals surface area (Å²) in [5.74, 6) is -0.0771. The number of nitrogens with two attached hydrogens (primary N) is 1. The molecule has 3 rings (SSSR count). The minimum Gasteiger partial charge on any atom is -0.443 e. The van der Waals surface area contributed by atoms with E-state index < -0.39 is 29.6 Å². The molecule has 3 amide bonds. The van der Waals surface area contributed by atoms with Gasteiger partial charge >= 0.3 is 6.09 Å². The van der Waals surface area contributed by atoms with Crippen molar-refractivity contribution in [1.82, 2.24) is 30.5 Å². The number of hydrogen-bond donors (Lipinski definition) is 4. The number of amides is 3. The highest BCUT2D eigenvalue weighted by Gasteiger charge is 2.29. The second-order valence-corrected chi connectivity index (χ2v) is 10.8. The standard InChI is InChI=1S/C29H41N7O5/c1-6-31-26(37)22(15-19(2)3)33-28(39)41-17-21-13-10-14-24-34-35-25(36(21)24)23(32-27(38)29(4,5)30)18-40-16-20-11-8-7-9-12-20/h7-14,19,22-23H,6,15-18,30H2,1-5H3,(H,31,37)(H,32,38)(H,33,39)/t22-,23-/m1/s1. The van der Waals surface area contributed by atoms with Crippen LogP contribution in [0.25, 0.3) is 5.65 Å². The number of fused-ring (bicyclic) bond motifs is 1. The van der Waals surface area contributed by atoms with Gasteiger partial charge in [0.15, 0.2) is 11.5 Å². The number of likely N-dealkylation sites (N-methyl/N-ethyl adjacent to an activating group) is 1.